The summed E-state index contributed by atoms with van der Waals surface area (Å²) in [6.45, 7) is 2.94. The summed E-state index contributed by atoms with van der Waals surface area (Å²) in [6.07, 6.45) is 2.66. The molecule has 6 nitrogen and oxygen atoms in total. The van der Waals surface area contributed by atoms with Gasteiger partial charge in [0.1, 0.15) is 5.75 Å². The molecule has 0 radical (unpaired) electrons. The molecule has 1 aliphatic rings. The van der Waals surface area contributed by atoms with Crippen LogP contribution < -0.4 is 10.1 Å². The van der Waals surface area contributed by atoms with E-state index in [-0.39, 0.29) is 30.1 Å². The van der Waals surface area contributed by atoms with Crippen LogP contribution in [0.15, 0.2) is 59.5 Å². The van der Waals surface area contributed by atoms with Crippen LogP contribution >= 0.6 is 11.8 Å². The lowest BCUT2D eigenvalue weighted by Gasteiger charge is -2.13. The maximum atomic E-state index is 12.5. The summed E-state index contributed by atoms with van der Waals surface area (Å²) < 4.78 is 5.40. The highest BCUT2D eigenvalue weighted by molar-refractivity contribution is 8.18. The van der Waals surface area contributed by atoms with Crippen LogP contribution in [0.1, 0.15) is 24.5 Å². The molecule has 0 saturated carbocycles. The van der Waals surface area contributed by atoms with Crippen LogP contribution in [0.2, 0.25) is 0 Å². The van der Waals surface area contributed by atoms with E-state index in [1.807, 2.05) is 61.5 Å². The smallest absolute Gasteiger partial charge is 0.293 e. The van der Waals surface area contributed by atoms with E-state index < -0.39 is 0 Å². The predicted molar refractivity (Wildman–Crippen MR) is 118 cm³/mol. The molecule has 1 fully saturated rings. The summed E-state index contributed by atoms with van der Waals surface area (Å²) in [4.78, 5) is 38.3. The highest BCUT2D eigenvalue weighted by atomic mass is 32.2. The van der Waals surface area contributed by atoms with Gasteiger partial charge in [-0.3, -0.25) is 19.3 Å². The van der Waals surface area contributed by atoms with Crippen molar-refractivity contribution in [2.75, 3.05) is 19.7 Å². The lowest BCUT2D eigenvalue weighted by Crippen LogP contribution is -2.37. The van der Waals surface area contributed by atoms with Crippen LogP contribution in [0.25, 0.3) is 6.08 Å². The number of thioether (sulfide) groups is 1. The van der Waals surface area contributed by atoms with Crippen molar-refractivity contribution in [3.8, 4) is 5.75 Å². The zero-order valence-corrected chi connectivity index (χ0v) is 17.6. The Labute approximate surface area is 180 Å². The average molecular weight is 425 g/mol. The number of carbonyl (C=O) groups is 3. The summed E-state index contributed by atoms with van der Waals surface area (Å²) in [5.41, 5.74) is 1.91. The SMILES string of the molecule is CCOc1ccc(CCC(=O)NCCN2C(=O)S/C(=C/c3ccccc3)C2=O)cc1. The molecule has 1 aliphatic heterocycles. The zero-order chi connectivity index (χ0) is 21.3. The Morgan fingerprint density at radius 1 is 1.10 bits per heavy atom. The van der Waals surface area contributed by atoms with Gasteiger partial charge in [0.2, 0.25) is 5.91 Å². The highest BCUT2D eigenvalue weighted by Gasteiger charge is 2.34. The van der Waals surface area contributed by atoms with E-state index in [1.54, 1.807) is 6.08 Å². The quantitative estimate of drug-likeness (QED) is 0.619. The number of ether oxygens (including phenoxy) is 1. The second-order valence-corrected chi connectivity index (χ2v) is 7.66. The summed E-state index contributed by atoms with van der Waals surface area (Å²) >= 11 is 0.923. The molecule has 30 heavy (non-hydrogen) atoms. The molecule has 0 aliphatic carbocycles. The van der Waals surface area contributed by atoms with Crippen molar-refractivity contribution in [1.82, 2.24) is 10.2 Å². The Morgan fingerprint density at radius 2 is 1.83 bits per heavy atom. The molecule has 156 valence electrons. The zero-order valence-electron chi connectivity index (χ0n) is 16.8. The summed E-state index contributed by atoms with van der Waals surface area (Å²) in [5, 5.41) is 2.46. The molecular weight excluding hydrogens is 400 g/mol. The molecule has 0 aromatic heterocycles. The molecule has 1 saturated heterocycles. The van der Waals surface area contributed by atoms with Crippen molar-refractivity contribution in [3.63, 3.8) is 0 Å². The molecule has 7 heteroatoms. The molecule has 3 rings (SSSR count). The van der Waals surface area contributed by atoms with Gasteiger partial charge in [0, 0.05) is 19.5 Å². The van der Waals surface area contributed by atoms with Crippen LogP contribution in [0, 0.1) is 0 Å². The first-order chi connectivity index (χ1) is 14.6. The molecule has 0 atom stereocenters. The highest BCUT2D eigenvalue weighted by Crippen LogP contribution is 2.31. The Bertz CT molecular complexity index is 926. The summed E-state index contributed by atoms with van der Waals surface area (Å²) in [5.74, 6) is 0.373. The molecular formula is C23H24N2O4S. The first-order valence-electron chi connectivity index (χ1n) is 9.85. The minimum Gasteiger partial charge on any atom is -0.494 e. The molecule has 0 bridgehead atoms. The summed E-state index contributed by atoms with van der Waals surface area (Å²) in [7, 11) is 0. The molecule has 1 N–H and O–H groups in total. The van der Waals surface area contributed by atoms with Crippen LogP contribution in [0.5, 0.6) is 5.75 Å². The van der Waals surface area contributed by atoms with Crippen molar-refractivity contribution in [2.45, 2.75) is 19.8 Å². The lowest BCUT2D eigenvalue weighted by atomic mass is 10.1. The van der Waals surface area contributed by atoms with Gasteiger partial charge >= 0.3 is 0 Å². The van der Waals surface area contributed by atoms with Gasteiger partial charge in [0.25, 0.3) is 11.1 Å². The lowest BCUT2D eigenvalue weighted by molar-refractivity contribution is -0.124. The number of benzene rings is 2. The number of aryl methyl sites for hydroxylation is 1. The average Bonchev–Trinajstić information content (AvgIpc) is 3.01. The van der Waals surface area contributed by atoms with E-state index in [0.717, 1.165) is 28.6 Å². The number of nitrogens with zero attached hydrogens (tertiary/aromatic N) is 1. The van der Waals surface area contributed by atoms with E-state index in [1.165, 1.54) is 4.90 Å². The third-order valence-electron chi connectivity index (χ3n) is 4.50. The van der Waals surface area contributed by atoms with Gasteiger partial charge in [-0.2, -0.15) is 0 Å². The minimum absolute atomic E-state index is 0.115. The van der Waals surface area contributed by atoms with Gasteiger partial charge < -0.3 is 10.1 Å². The predicted octanol–water partition coefficient (Wildman–Crippen LogP) is 3.87. The third-order valence-corrected chi connectivity index (χ3v) is 5.41. The van der Waals surface area contributed by atoms with Crippen LogP contribution in [0.3, 0.4) is 0 Å². The number of hydrogen-bond acceptors (Lipinski definition) is 5. The van der Waals surface area contributed by atoms with Crippen molar-refractivity contribution >= 4 is 34.9 Å². The van der Waals surface area contributed by atoms with Crippen molar-refractivity contribution in [2.24, 2.45) is 0 Å². The number of amides is 3. The van der Waals surface area contributed by atoms with E-state index >= 15 is 0 Å². The number of rotatable bonds is 9. The first-order valence-corrected chi connectivity index (χ1v) is 10.7. The number of hydrogen-bond donors (Lipinski definition) is 1. The number of carbonyl (C=O) groups excluding carboxylic acids is 3. The number of nitrogens with one attached hydrogen (secondary N) is 1. The Morgan fingerprint density at radius 3 is 2.53 bits per heavy atom. The molecule has 3 amide bonds. The second kappa shape index (κ2) is 10.6. The fraction of sp³-hybridized carbons (Fsp3) is 0.261. The molecule has 2 aromatic rings. The number of imide groups is 1. The van der Waals surface area contributed by atoms with Crippen LogP contribution in [-0.4, -0.2) is 41.6 Å². The maximum absolute atomic E-state index is 12.5. The van der Waals surface area contributed by atoms with Gasteiger partial charge in [-0.15, -0.1) is 0 Å². The second-order valence-electron chi connectivity index (χ2n) is 6.67. The Balaban J connectivity index is 1.43. The minimum atomic E-state index is -0.322. The Hall–Kier alpha value is -3.06. The largest absolute Gasteiger partial charge is 0.494 e. The van der Waals surface area contributed by atoms with Gasteiger partial charge in [-0.25, -0.2) is 0 Å². The van der Waals surface area contributed by atoms with E-state index in [2.05, 4.69) is 5.32 Å². The fourth-order valence-corrected chi connectivity index (χ4v) is 3.83. The third kappa shape index (κ3) is 5.97. The Kier molecular flexibility index (Phi) is 7.68. The standard InChI is InChI=1S/C23H24N2O4S/c1-2-29-19-11-8-17(9-12-19)10-13-21(26)24-14-15-25-22(27)20(30-23(25)28)16-18-6-4-3-5-7-18/h3-9,11-12,16H,2,10,13-15H2,1H3,(H,24,26)/b20-16+. The van der Waals surface area contributed by atoms with E-state index in [4.69, 9.17) is 4.74 Å². The van der Waals surface area contributed by atoms with E-state index in [9.17, 15) is 14.4 Å². The maximum Gasteiger partial charge on any atom is 0.293 e. The van der Waals surface area contributed by atoms with Crippen LogP contribution in [0.4, 0.5) is 4.79 Å². The van der Waals surface area contributed by atoms with Crippen LogP contribution in [-0.2, 0) is 16.0 Å². The topological polar surface area (TPSA) is 75.7 Å². The van der Waals surface area contributed by atoms with Gasteiger partial charge in [-0.1, -0.05) is 42.5 Å². The van der Waals surface area contributed by atoms with E-state index in [0.29, 0.717) is 24.4 Å². The monoisotopic (exact) mass is 424 g/mol. The summed E-state index contributed by atoms with van der Waals surface area (Å²) in [6, 6.07) is 17.0. The normalized spacial score (nSPS) is 15.0. The van der Waals surface area contributed by atoms with Gasteiger partial charge in [0.15, 0.2) is 0 Å². The fourth-order valence-electron chi connectivity index (χ4n) is 2.97. The van der Waals surface area contributed by atoms with Crippen molar-refractivity contribution in [3.05, 3.63) is 70.6 Å². The molecule has 2 aromatic carbocycles. The molecule has 1 heterocycles. The molecule has 0 unspecified atom stereocenters. The van der Waals surface area contributed by atoms with Crippen molar-refractivity contribution in [1.29, 1.82) is 0 Å². The van der Waals surface area contributed by atoms with Crippen molar-refractivity contribution < 1.29 is 19.1 Å². The molecule has 0 spiro atoms. The van der Waals surface area contributed by atoms with Gasteiger partial charge in [0.05, 0.1) is 11.5 Å². The first kappa shape index (κ1) is 21.6. The van der Waals surface area contributed by atoms with Gasteiger partial charge in [-0.05, 0) is 54.4 Å².